The second kappa shape index (κ2) is 6.51. The quantitative estimate of drug-likeness (QED) is 0.795. The number of hydrogen-bond donors (Lipinski definition) is 1. The number of aryl methyl sites for hydroxylation is 4. The fourth-order valence-electron chi connectivity index (χ4n) is 3.17. The van der Waals surface area contributed by atoms with Crippen LogP contribution in [0.25, 0.3) is 10.8 Å². The lowest BCUT2D eigenvalue weighted by molar-refractivity contribution is 0.102. The molecule has 3 rings (SSSR count). The maximum absolute atomic E-state index is 12.9. The third-order valence-electron chi connectivity index (χ3n) is 4.30. The van der Waals surface area contributed by atoms with E-state index in [1.165, 1.54) is 4.68 Å². The molecule has 0 fully saturated rings. The van der Waals surface area contributed by atoms with Crippen LogP contribution in [0, 0.1) is 20.8 Å². The van der Waals surface area contributed by atoms with E-state index >= 15 is 0 Å². The molecular formula is C20H21N3O2. The van der Waals surface area contributed by atoms with Crippen molar-refractivity contribution in [3.05, 3.63) is 69.1 Å². The first kappa shape index (κ1) is 16.9. The van der Waals surface area contributed by atoms with Crippen molar-refractivity contribution in [2.45, 2.75) is 34.2 Å². The molecule has 0 spiro atoms. The molecular weight excluding hydrogens is 314 g/mol. The minimum atomic E-state index is -0.312. The zero-order valence-corrected chi connectivity index (χ0v) is 14.9. The molecule has 5 heteroatoms. The number of benzene rings is 2. The third kappa shape index (κ3) is 3.05. The lowest BCUT2D eigenvalue weighted by atomic mass is 10.0. The Balaban J connectivity index is 2.12. The molecule has 0 radical (unpaired) electrons. The van der Waals surface area contributed by atoms with E-state index in [4.69, 9.17) is 0 Å². The number of carbonyl (C=O) groups excluding carboxylic acids is 1. The predicted molar refractivity (Wildman–Crippen MR) is 100 cm³/mol. The van der Waals surface area contributed by atoms with Crippen LogP contribution in [0.15, 0.2) is 41.2 Å². The van der Waals surface area contributed by atoms with Crippen LogP contribution in [-0.4, -0.2) is 15.7 Å². The van der Waals surface area contributed by atoms with E-state index in [0.717, 1.165) is 22.4 Å². The highest BCUT2D eigenvalue weighted by atomic mass is 16.2. The monoisotopic (exact) mass is 335 g/mol. The van der Waals surface area contributed by atoms with Gasteiger partial charge in [0.05, 0.1) is 5.39 Å². The van der Waals surface area contributed by atoms with Gasteiger partial charge >= 0.3 is 0 Å². The summed E-state index contributed by atoms with van der Waals surface area (Å²) in [7, 11) is 0. The third-order valence-corrected chi connectivity index (χ3v) is 4.30. The number of anilines is 1. The number of rotatable bonds is 3. The molecule has 0 atom stereocenters. The maximum Gasteiger partial charge on any atom is 0.276 e. The summed E-state index contributed by atoms with van der Waals surface area (Å²) < 4.78 is 1.33. The van der Waals surface area contributed by atoms with Crippen molar-refractivity contribution in [2.75, 3.05) is 5.32 Å². The van der Waals surface area contributed by atoms with Gasteiger partial charge in [-0.1, -0.05) is 35.9 Å². The zero-order valence-electron chi connectivity index (χ0n) is 14.9. The van der Waals surface area contributed by atoms with Gasteiger partial charge in [0.2, 0.25) is 0 Å². The number of aromatic nitrogens is 2. The van der Waals surface area contributed by atoms with E-state index in [1.807, 2.05) is 39.8 Å². The molecule has 3 aromatic rings. The average molecular weight is 335 g/mol. The molecule has 1 amide bonds. The summed E-state index contributed by atoms with van der Waals surface area (Å²) in [4.78, 5) is 25.3. The molecule has 1 aromatic heterocycles. The van der Waals surface area contributed by atoms with Gasteiger partial charge in [-0.25, -0.2) is 4.68 Å². The van der Waals surface area contributed by atoms with Crippen LogP contribution < -0.4 is 10.9 Å². The number of amides is 1. The first-order valence-corrected chi connectivity index (χ1v) is 8.31. The summed E-state index contributed by atoms with van der Waals surface area (Å²) in [5, 5.41) is 8.32. The second-order valence-electron chi connectivity index (χ2n) is 6.24. The Hall–Kier alpha value is -2.95. The van der Waals surface area contributed by atoms with Crippen LogP contribution in [0.2, 0.25) is 0 Å². The van der Waals surface area contributed by atoms with Crippen molar-refractivity contribution in [2.24, 2.45) is 0 Å². The molecule has 0 unspecified atom stereocenters. The number of nitrogens with one attached hydrogen (secondary N) is 1. The van der Waals surface area contributed by atoms with Gasteiger partial charge in [0.25, 0.3) is 11.5 Å². The molecule has 0 bridgehead atoms. The van der Waals surface area contributed by atoms with Crippen molar-refractivity contribution in [1.29, 1.82) is 0 Å². The minimum Gasteiger partial charge on any atom is -0.320 e. The number of nitrogens with zero attached hydrogens (tertiary/aromatic N) is 2. The van der Waals surface area contributed by atoms with Crippen molar-refractivity contribution in [3.63, 3.8) is 0 Å². The average Bonchev–Trinajstić information content (AvgIpc) is 2.58. The fourth-order valence-corrected chi connectivity index (χ4v) is 3.17. The van der Waals surface area contributed by atoms with Crippen LogP contribution in [0.4, 0.5) is 5.69 Å². The van der Waals surface area contributed by atoms with Crippen molar-refractivity contribution in [3.8, 4) is 0 Å². The Morgan fingerprint density at radius 2 is 1.68 bits per heavy atom. The largest absolute Gasteiger partial charge is 0.320 e. The van der Waals surface area contributed by atoms with Gasteiger partial charge in [0, 0.05) is 17.6 Å². The topological polar surface area (TPSA) is 64.0 Å². The molecule has 0 aliphatic heterocycles. The first-order valence-electron chi connectivity index (χ1n) is 8.31. The SMILES string of the molecule is CCn1nc(C(=O)Nc2c(C)cc(C)cc2C)c2ccccc2c1=O. The normalized spacial score (nSPS) is 10.9. The van der Waals surface area contributed by atoms with Gasteiger partial charge in [-0.3, -0.25) is 9.59 Å². The Morgan fingerprint density at radius 3 is 2.28 bits per heavy atom. The van der Waals surface area contributed by atoms with Crippen LogP contribution in [0.5, 0.6) is 0 Å². The standard InChI is InChI=1S/C20H21N3O2/c1-5-23-20(25)16-9-7-6-8-15(16)18(22-23)19(24)21-17-13(3)10-12(2)11-14(17)4/h6-11H,5H2,1-4H3,(H,21,24). The molecule has 25 heavy (non-hydrogen) atoms. The van der Waals surface area contributed by atoms with E-state index < -0.39 is 0 Å². The van der Waals surface area contributed by atoms with Crippen LogP contribution in [0.1, 0.15) is 34.1 Å². The Labute approximate surface area is 146 Å². The molecule has 0 saturated carbocycles. The Bertz CT molecular complexity index is 1010. The van der Waals surface area contributed by atoms with Crippen LogP contribution >= 0.6 is 0 Å². The molecule has 0 saturated heterocycles. The lowest BCUT2D eigenvalue weighted by Gasteiger charge is -2.14. The first-order chi connectivity index (χ1) is 11.9. The minimum absolute atomic E-state index is 0.183. The Kier molecular flexibility index (Phi) is 4.40. The maximum atomic E-state index is 12.9. The van der Waals surface area contributed by atoms with Crippen LogP contribution in [-0.2, 0) is 6.54 Å². The van der Waals surface area contributed by atoms with Crippen molar-refractivity contribution in [1.82, 2.24) is 9.78 Å². The van der Waals surface area contributed by atoms with Gasteiger partial charge in [0.15, 0.2) is 5.69 Å². The van der Waals surface area contributed by atoms with E-state index in [0.29, 0.717) is 17.3 Å². The van der Waals surface area contributed by atoms with Gasteiger partial charge < -0.3 is 5.32 Å². The molecule has 1 N–H and O–H groups in total. The summed E-state index contributed by atoms with van der Waals surface area (Å²) in [6, 6.07) is 11.1. The van der Waals surface area contributed by atoms with E-state index in [1.54, 1.807) is 24.3 Å². The van der Waals surface area contributed by atoms with Crippen molar-refractivity contribution < 1.29 is 4.79 Å². The van der Waals surface area contributed by atoms with E-state index in [-0.39, 0.29) is 17.2 Å². The number of hydrogen-bond acceptors (Lipinski definition) is 3. The van der Waals surface area contributed by atoms with E-state index in [9.17, 15) is 9.59 Å². The lowest BCUT2D eigenvalue weighted by Crippen LogP contribution is -2.27. The summed E-state index contributed by atoms with van der Waals surface area (Å²) in [6.45, 7) is 8.20. The fraction of sp³-hybridized carbons (Fsp3) is 0.250. The summed E-state index contributed by atoms with van der Waals surface area (Å²) >= 11 is 0. The van der Waals surface area contributed by atoms with Gasteiger partial charge in [-0.05, 0) is 44.9 Å². The summed E-state index contributed by atoms with van der Waals surface area (Å²) in [5.41, 5.74) is 4.01. The van der Waals surface area contributed by atoms with Crippen LogP contribution in [0.3, 0.4) is 0 Å². The Morgan fingerprint density at radius 1 is 1.08 bits per heavy atom. The zero-order chi connectivity index (χ0) is 18.1. The van der Waals surface area contributed by atoms with Crippen molar-refractivity contribution >= 4 is 22.4 Å². The highest BCUT2D eigenvalue weighted by molar-refractivity contribution is 6.11. The summed E-state index contributed by atoms with van der Waals surface area (Å²) in [6.07, 6.45) is 0. The second-order valence-corrected chi connectivity index (χ2v) is 6.24. The van der Waals surface area contributed by atoms with Gasteiger partial charge in [-0.2, -0.15) is 5.10 Å². The predicted octanol–water partition coefficient (Wildman–Crippen LogP) is 3.59. The smallest absolute Gasteiger partial charge is 0.276 e. The highest BCUT2D eigenvalue weighted by Gasteiger charge is 2.17. The highest BCUT2D eigenvalue weighted by Crippen LogP contribution is 2.23. The van der Waals surface area contributed by atoms with Gasteiger partial charge in [-0.15, -0.1) is 0 Å². The van der Waals surface area contributed by atoms with E-state index in [2.05, 4.69) is 10.4 Å². The molecule has 0 aliphatic carbocycles. The molecule has 1 heterocycles. The number of carbonyl (C=O) groups is 1. The number of fused-ring (bicyclic) bond motifs is 1. The molecule has 5 nitrogen and oxygen atoms in total. The molecule has 2 aromatic carbocycles. The van der Waals surface area contributed by atoms with Gasteiger partial charge in [0.1, 0.15) is 0 Å². The summed E-state index contributed by atoms with van der Waals surface area (Å²) in [5.74, 6) is -0.312. The molecule has 128 valence electrons. The molecule has 0 aliphatic rings.